The van der Waals surface area contributed by atoms with E-state index in [1.54, 1.807) is 12.4 Å². The summed E-state index contributed by atoms with van der Waals surface area (Å²) in [6.45, 7) is 13.7. The molecular formula is C37H46N4O2. The summed E-state index contributed by atoms with van der Waals surface area (Å²) in [7, 11) is 0. The van der Waals surface area contributed by atoms with Gasteiger partial charge >= 0.3 is 0 Å². The van der Waals surface area contributed by atoms with Gasteiger partial charge < -0.3 is 0 Å². The molecule has 0 radical (unpaired) electrons. The fourth-order valence-electron chi connectivity index (χ4n) is 4.49. The van der Waals surface area contributed by atoms with E-state index in [2.05, 4.69) is 63.1 Å². The van der Waals surface area contributed by atoms with E-state index in [1.807, 2.05) is 82.3 Å². The Labute approximate surface area is 257 Å². The minimum Gasteiger partial charge on any atom is -0.298 e. The lowest BCUT2D eigenvalue weighted by atomic mass is 10.1. The van der Waals surface area contributed by atoms with Crippen molar-refractivity contribution in [1.82, 2.24) is 19.8 Å². The van der Waals surface area contributed by atoms with Crippen LogP contribution in [0.1, 0.15) is 55.8 Å². The van der Waals surface area contributed by atoms with Gasteiger partial charge in [0, 0.05) is 50.4 Å². The number of ketones is 2. The van der Waals surface area contributed by atoms with Crippen LogP contribution in [0.15, 0.2) is 103 Å². The van der Waals surface area contributed by atoms with E-state index >= 15 is 0 Å². The summed E-state index contributed by atoms with van der Waals surface area (Å²) in [6, 6.07) is 30.5. The van der Waals surface area contributed by atoms with Crippen molar-refractivity contribution in [3.8, 4) is 0 Å². The average molecular weight is 579 g/mol. The number of nitrogens with zero attached hydrogens (tertiary/aromatic N) is 4. The Morgan fingerprint density at radius 3 is 1.51 bits per heavy atom. The summed E-state index contributed by atoms with van der Waals surface area (Å²) < 4.78 is 0. The highest BCUT2D eigenvalue weighted by Crippen LogP contribution is 2.13. The number of aromatic nitrogens is 2. The number of carbonyl (C=O) groups is 2. The van der Waals surface area contributed by atoms with Crippen LogP contribution in [0.4, 0.5) is 0 Å². The SMILES string of the molecule is CC(C)C(=O)CN(Cc1ccccn1)Cc1ccccn1.Cc1cccc(CN(CC(=O)C(C)C)Cc2ccccc2)c1. The van der Waals surface area contributed by atoms with Gasteiger partial charge in [0.25, 0.3) is 0 Å². The van der Waals surface area contributed by atoms with Crippen molar-refractivity contribution >= 4 is 11.6 Å². The topological polar surface area (TPSA) is 66.4 Å². The van der Waals surface area contributed by atoms with Crippen LogP contribution in [0.25, 0.3) is 0 Å². The third-order valence-electron chi connectivity index (χ3n) is 7.01. The van der Waals surface area contributed by atoms with Gasteiger partial charge in [0.15, 0.2) is 0 Å². The number of pyridine rings is 2. The zero-order valence-corrected chi connectivity index (χ0v) is 26.3. The molecule has 0 fully saturated rings. The number of aryl methyl sites for hydroxylation is 1. The molecule has 0 bridgehead atoms. The molecule has 2 aromatic carbocycles. The highest BCUT2D eigenvalue weighted by molar-refractivity contribution is 5.82. The predicted molar refractivity (Wildman–Crippen MR) is 174 cm³/mol. The van der Waals surface area contributed by atoms with Crippen LogP contribution in [-0.4, -0.2) is 44.4 Å². The second kappa shape index (κ2) is 17.8. The van der Waals surface area contributed by atoms with Gasteiger partial charge in [-0.2, -0.15) is 0 Å². The van der Waals surface area contributed by atoms with Crippen LogP contribution in [0.5, 0.6) is 0 Å². The first-order chi connectivity index (χ1) is 20.7. The molecule has 0 saturated carbocycles. The zero-order valence-electron chi connectivity index (χ0n) is 26.3. The summed E-state index contributed by atoms with van der Waals surface area (Å²) in [5.41, 5.74) is 5.68. The van der Waals surface area contributed by atoms with E-state index in [0.717, 1.165) is 24.5 Å². The molecule has 0 saturated heterocycles. The number of hydrogen-bond acceptors (Lipinski definition) is 6. The van der Waals surface area contributed by atoms with Gasteiger partial charge in [0.2, 0.25) is 0 Å². The number of rotatable bonds is 14. The minimum atomic E-state index is 0.0416. The standard InChI is InChI=1S/C20H25NO.C17H21N3O/c1-16(2)20(22)15-21(13-18-9-5-4-6-10-18)14-19-11-7-8-17(3)12-19;1-14(2)17(21)13-20(11-15-7-3-5-9-18-15)12-16-8-4-6-10-19-16/h4-12,16H,13-15H2,1-3H3;3-10,14H,11-13H2,1-2H3. The average Bonchev–Trinajstić information content (AvgIpc) is 2.99. The molecule has 4 aromatic rings. The maximum atomic E-state index is 12.2. The lowest BCUT2D eigenvalue weighted by Gasteiger charge is -2.23. The van der Waals surface area contributed by atoms with Crippen molar-refractivity contribution in [3.63, 3.8) is 0 Å². The molecule has 0 unspecified atom stereocenters. The molecule has 6 nitrogen and oxygen atoms in total. The van der Waals surface area contributed by atoms with Gasteiger partial charge in [0.1, 0.15) is 11.6 Å². The Balaban J connectivity index is 0.000000236. The van der Waals surface area contributed by atoms with Crippen LogP contribution in [-0.2, 0) is 35.8 Å². The first kappa shape index (κ1) is 33.5. The van der Waals surface area contributed by atoms with Crippen LogP contribution in [0, 0.1) is 18.8 Å². The van der Waals surface area contributed by atoms with E-state index in [-0.39, 0.29) is 17.6 Å². The highest BCUT2D eigenvalue weighted by atomic mass is 16.1. The first-order valence-electron chi connectivity index (χ1n) is 15.1. The van der Waals surface area contributed by atoms with Crippen LogP contribution in [0.2, 0.25) is 0 Å². The van der Waals surface area contributed by atoms with Crippen LogP contribution in [0.3, 0.4) is 0 Å². The molecule has 2 aromatic heterocycles. The minimum absolute atomic E-state index is 0.0416. The molecule has 226 valence electrons. The van der Waals surface area contributed by atoms with E-state index < -0.39 is 0 Å². The monoisotopic (exact) mass is 578 g/mol. The lowest BCUT2D eigenvalue weighted by Crippen LogP contribution is -2.31. The van der Waals surface area contributed by atoms with E-state index in [4.69, 9.17) is 0 Å². The van der Waals surface area contributed by atoms with Gasteiger partial charge in [0.05, 0.1) is 24.5 Å². The van der Waals surface area contributed by atoms with Crippen molar-refractivity contribution in [1.29, 1.82) is 0 Å². The van der Waals surface area contributed by atoms with Crippen LogP contribution < -0.4 is 0 Å². The molecule has 43 heavy (non-hydrogen) atoms. The quantitative estimate of drug-likeness (QED) is 0.162. The van der Waals surface area contributed by atoms with E-state index in [9.17, 15) is 9.59 Å². The molecule has 0 aliphatic carbocycles. The Morgan fingerprint density at radius 2 is 1.05 bits per heavy atom. The maximum absolute atomic E-state index is 12.2. The fraction of sp³-hybridized carbons (Fsp3) is 0.351. The summed E-state index contributed by atoms with van der Waals surface area (Å²) in [5, 5.41) is 0. The fourth-order valence-corrected chi connectivity index (χ4v) is 4.49. The first-order valence-corrected chi connectivity index (χ1v) is 15.1. The Morgan fingerprint density at radius 1 is 0.581 bits per heavy atom. The van der Waals surface area contributed by atoms with Gasteiger partial charge in [-0.25, -0.2) is 0 Å². The molecule has 2 heterocycles. The summed E-state index contributed by atoms with van der Waals surface area (Å²) >= 11 is 0. The van der Waals surface area contributed by atoms with Gasteiger partial charge in [-0.15, -0.1) is 0 Å². The number of Topliss-reactive ketones (excluding diaryl/α,β-unsaturated/α-hetero) is 2. The Bertz CT molecular complexity index is 1330. The van der Waals surface area contributed by atoms with Crippen molar-refractivity contribution in [2.24, 2.45) is 11.8 Å². The summed E-state index contributed by atoms with van der Waals surface area (Å²) in [4.78, 5) is 37.2. The highest BCUT2D eigenvalue weighted by Gasteiger charge is 2.16. The lowest BCUT2D eigenvalue weighted by molar-refractivity contribution is -0.124. The maximum Gasteiger partial charge on any atom is 0.149 e. The van der Waals surface area contributed by atoms with E-state index in [0.29, 0.717) is 32.0 Å². The van der Waals surface area contributed by atoms with Crippen molar-refractivity contribution in [2.75, 3.05) is 13.1 Å². The van der Waals surface area contributed by atoms with E-state index in [1.165, 1.54) is 16.7 Å². The van der Waals surface area contributed by atoms with Crippen molar-refractivity contribution in [3.05, 3.63) is 131 Å². The number of benzene rings is 2. The number of carbonyl (C=O) groups excluding carboxylic acids is 2. The molecule has 4 rings (SSSR count). The molecular weight excluding hydrogens is 532 g/mol. The molecule has 0 aliphatic heterocycles. The molecule has 0 aliphatic rings. The Kier molecular flexibility index (Phi) is 13.9. The Hall–Kier alpha value is -4.00. The predicted octanol–water partition coefficient (Wildman–Crippen LogP) is 6.93. The van der Waals surface area contributed by atoms with Gasteiger partial charge in [-0.05, 0) is 42.3 Å². The molecule has 6 heteroatoms. The molecule has 0 amide bonds. The third kappa shape index (κ3) is 12.8. The summed E-state index contributed by atoms with van der Waals surface area (Å²) in [5.74, 6) is 0.654. The smallest absolute Gasteiger partial charge is 0.149 e. The van der Waals surface area contributed by atoms with Crippen molar-refractivity contribution < 1.29 is 9.59 Å². The molecule has 0 atom stereocenters. The second-order valence-electron chi connectivity index (χ2n) is 11.6. The van der Waals surface area contributed by atoms with Crippen molar-refractivity contribution in [2.45, 2.75) is 60.8 Å². The third-order valence-corrected chi connectivity index (χ3v) is 7.01. The number of hydrogen-bond donors (Lipinski definition) is 0. The second-order valence-corrected chi connectivity index (χ2v) is 11.6. The normalized spacial score (nSPS) is 11.1. The largest absolute Gasteiger partial charge is 0.298 e. The molecule has 0 spiro atoms. The van der Waals surface area contributed by atoms with Gasteiger partial charge in [-0.1, -0.05) is 100.0 Å². The summed E-state index contributed by atoms with van der Waals surface area (Å²) in [6.07, 6.45) is 3.55. The molecule has 0 N–H and O–H groups in total. The zero-order chi connectivity index (χ0) is 31.0. The van der Waals surface area contributed by atoms with Crippen LogP contribution >= 0.6 is 0 Å². The van der Waals surface area contributed by atoms with Gasteiger partial charge in [-0.3, -0.25) is 29.4 Å².